The summed E-state index contributed by atoms with van der Waals surface area (Å²) >= 11 is 0. The number of fused-ring (bicyclic) bond motifs is 2. The second kappa shape index (κ2) is 10.8. The van der Waals surface area contributed by atoms with Crippen molar-refractivity contribution in [1.29, 1.82) is 0 Å². The van der Waals surface area contributed by atoms with Gasteiger partial charge in [-0.3, -0.25) is 4.79 Å². The fourth-order valence-electron chi connectivity index (χ4n) is 4.95. The van der Waals surface area contributed by atoms with Crippen LogP contribution in [0.4, 0.5) is 4.39 Å². The lowest BCUT2D eigenvalue weighted by molar-refractivity contribution is -0.160. The molecule has 2 aromatic heterocycles. The van der Waals surface area contributed by atoms with Gasteiger partial charge in [0.15, 0.2) is 29.0 Å². The summed E-state index contributed by atoms with van der Waals surface area (Å²) in [6.07, 6.45) is 0.712. The molecule has 10 heteroatoms. The number of aromatic nitrogens is 3. The van der Waals surface area contributed by atoms with Crippen molar-refractivity contribution >= 4 is 17.5 Å². The van der Waals surface area contributed by atoms with Gasteiger partial charge in [-0.25, -0.2) is 18.7 Å². The molecule has 1 aliphatic rings. The zero-order valence-corrected chi connectivity index (χ0v) is 24.6. The minimum Gasteiger partial charge on any atom is -0.490 e. The predicted octanol–water partition coefficient (Wildman–Crippen LogP) is 5.58. The van der Waals surface area contributed by atoms with Crippen LogP contribution >= 0.6 is 0 Å². The number of nitrogens with zero attached hydrogens (tertiary/aromatic N) is 3. The third-order valence-electron chi connectivity index (χ3n) is 6.87. The fourth-order valence-corrected chi connectivity index (χ4v) is 4.95. The van der Waals surface area contributed by atoms with Crippen LogP contribution in [0.1, 0.15) is 93.4 Å². The number of benzene rings is 1. The second-order valence-electron chi connectivity index (χ2n) is 12.6. The zero-order chi connectivity index (χ0) is 29.6. The van der Waals surface area contributed by atoms with E-state index >= 15 is 4.39 Å². The summed E-state index contributed by atoms with van der Waals surface area (Å²) in [7, 11) is 0. The van der Waals surface area contributed by atoms with Crippen LogP contribution in [0.3, 0.4) is 0 Å². The first kappa shape index (κ1) is 29.5. The molecule has 0 fully saturated rings. The number of carbonyl (C=O) groups excluding carboxylic acids is 1. The molecule has 0 saturated carbocycles. The summed E-state index contributed by atoms with van der Waals surface area (Å²) in [6, 6.07) is 2.90. The smallest absolute Gasteiger partial charge is 0.337 e. The van der Waals surface area contributed by atoms with E-state index in [1.807, 2.05) is 6.92 Å². The molecule has 2 N–H and O–H groups in total. The number of aliphatic carboxylic acids is 1. The summed E-state index contributed by atoms with van der Waals surface area (Å²) in [6.45, 7) is 16.0. The summed E-state index contributed by atoms with van der Waals surface area (Å²) in [5, 5.41) is 17.8. The Hall–Kier alpha value is -3.53. The quantitative estimate of drug-likeness (QED) is 0.392. The molecule has 216 valence electrons. The van der Waals surface area contributed by atoms with Crippen LogP contribution in [0.2, 0.25) is 0 Å². The first-order chi connectivity index (χ1) is 18.6. The summed E-state index contributed by atoms with van der Waals surface area (Å²) in [5.74, 6) is -1.91. The molecule has 3 aromatic rings. The van der Waals surface area contributed by atoms with Gasteiger partial charge in [-0.2, -0.15) is 5.10 Å². The van der Waals surface area contributed by atoms with Gasteiger partial charge in [-0.05, 0) is 70.9 Å². The molecule has 0 radical (unpaired) electrons. The van der Waals surface area contributed by atoms with Gasteiger partial charge in [-0.15, -0.1) is 0 Å². The van der Waals surface area contributed by atoms with E-state index in [0.29, 0.717) is 42.2 Å². The second-order valence-corrected chi connectivity index (χ2v) is 12.6. The Morgan fingerprint density at radius 2 is 1.90 bits per heavy atom. The van der Waals surface area contributed by atoms with E-state index < -0.39 is 23.5 Å². The maximum absolute atomic E-state index is 15.4. The van der Waals surface area contributed by atoms with E-state index in [4.69, 9.17) is 9.47 Å². The number of hydrogen-bond acceptors (Lipinski definition) is 6. The third-order valence-corrected chi connectivity index (χ3v) is 6.87. The van der Waals surface area contributed by atoms with E-state index in [0.717, 1.165) is 24.0 Å². The Kier molecular flexibility index (Phi) is 7.95. The van der Waals surface area contributed by atoms with Crippen LogP contribution in [-0.2, 0) is 16.0 Å². The lowest BCUT2D eigenvalue weighted by Gasteiger charge is -2.28. The molecule has 0 spiro atoms. The van der Waals surface area contributed by atoms with Crippen molar-refractivity contribution < 1.29 is 28.6 Å². The topological polar surface area (TPSA) is 115 Å². The van der Waals surface area contributed by atoms with Crippen molar-refractivity contribution in [3.8, 4) is 17.0 Å². The highest BCUT2D eigenvalue weighted by Crippen LogP contribution is 2.41. The standard InChI is InChI=1S/C30H39FN4O5/c1-16-18-10-9-13-39-25(18)20(31)14-19(16)24-23(26(28(37)38)40-30(6,7)8)17(2)33-22-15-21(34-35(22)24)27(36)32-12-11-29(3,4)5/h14-15,26H,9-13H2,1-8H3,(H,32,36)(H,37,38)/t26-/m0/s1. The van der Waals surface area contributed by atoms with E-state index in [1.165, 1.54) is 10.6 Å². The van der Waals surface area contributed by atoms with Crippen LogP contribution in [0.5, 0.6) is 5.75 Å². The Balaban J connectivity index is 1.97. The van der Waals surface area contributed by atoms with Crippen LogP contribution in [0, 0.1) is 25.1 Å². The molecular formula is C30H39FN4O5. The van der Waals surface area contributed by atoms with E-state index in [9.17, 15) is 14.7 Å². The minimum absolute atomic E-state index is 0.0452. The molecule has 9 nitrogen and oxygen atoms in total. The Labute approximate surface area is 234 Å². The lowest BCUT2D eigenvalue weighted by Crippen LogP contribution is -2.29. The molecule has 1 aromatic carbocycles. The van der Waals surface area contributed by atoms with Gasteiger partial charge >= 0.3 is 5.97 Å². The third kappa shape index (κ3) is 6.11. The maximum Gasteiger partial charge on any atom is 0.337 e. The number of carboxylic acid groups (broad SMARTS) is 1. The summed E-state index contributed by atoms with van der Waals surface area (Å²) in [4.78, 5) is 30.3. The molecule has 0 unspecified atom stereocenters. The molecule has 1 atom stereocenters. The lowest BCUT2D eigenvalue weighted by atomic mass is 9.91. The van der Waals surface area contributed by atoms with Gasteiger partial charge in [0.2, 0.25) is 0 Å². The number of carbonyl (C=O) groups is 2. The van der Waals surface area contributed by atoms with Crippen molar-refractivity contribution in [2.75, 3.05) is 13.2 Å². The monoisotopic (exact) mass is 554 g/mol. The number of ether oxygens (including phenoxy) is 2. The highest BCUT2D eigenvalue weighted by molar-refractivity contribution is 5.93. The minimum atomic E-state index is -1.42. The number of aryl methyl sites for hydroxylation is 1. The zero-order valence-electron chi connectivity index (χ0n) is 24.6. The van der Waals surface area contributed by atoms with Gasteiger partial charge in [0.25, 0.3) is 5.91 Å². The molecule has 40 heavy (non-hydrogen) atoms. The van der Waals surface area contributed by atoms with E-state index in [-0.39, 0.29) is 28.3 Å². The van der Waals surface area contributed by atoms with Gasteiger partial charge in [-0.1, -0.05) is 20.8 Å². The molecule has 0 aliphatic carbocycles. The van der Waals surface area contributed by atoms with Crippen LogP contribution in [-0.4, -0.2) is 50.3 Å². The normalized spacial score (nSPS) is 14.5. The van der Waals surface area contributed by atoms with Crippen LogP contribution < -0.4 is 10.1 Å². The largest absolute Gasteiger partial charge is 0.490 e. The number of hydrogen-bond donors (Lipinski definition) is 2. The molecule has 3 heterocycles. The highest BCUT2D eigenvalue weighted by Gasteiger charge is 2.35. The average Bonchev–Trinajstić information content (AvgIpc) is 3.26. The van der Waals surface area contributed by atoms with Crippen molar-refractivity contribution in [1.82, 2.24) is 19.9 Å². The Bertz CT molecular complexity index is 1470. The molecule has 0 saturated heterocycles. The molecule has 1 amide bonds. The number of nitrogens with one attached hydrogen (secondary N) is 1. The average molecular weight is 555 g/mol. The van der Waals surface area contributed by atoms with Crippen LogP contribution in [0.15, 0.2) is 12.1 Å². The summed E-state index contributed by atoms with van der Waals surface area (Å²) in [5.41, 5.74) is 2.56. The highest BCUT2D eigenvalue weighted by atomic mass is 19.1. The molecule has 4 rings (SSSR count). The van der Waals surface area contributed by atoms with E-state index in [1.54, 1.807) is 33.8 Å². The SMILES string of the molecule is Cc1nc2cc(C(=O)NCCC(C)(C)C)nn2c(-c2cc(F)c3c(c2C)CCCO3)c1[C@H](OC(C)(C)C)C(=O)O. The van der Waals surface area contributed by atoms with Gasteiger partial charge in [0, 0.05) is 35.0 Å². The number of amides is 1. The van der Waals surface area contributed by atoms with Crippen molar-refractivity contribution in [3.63, 3.8) is 0 Å². The first-order valence-corrected chi connectivity index (χ1v) is 13.6. The van der Waals surface area contributed by atoms with E-state index in [2.05, 4.69) is 36.2 Å². The van der Waals surface area contributed by atoms with Gasteiger partial charge in [0.1, 0.15) is 0 Å². The van der Waals surface area contributed by atoms with Gasteiger partial charge in [0.05, 0.1) is 17.9 Å². The van der Waals surface area contributed by atoms with Crippen LogP contribution in [0.25, 0.3) is 16.9 Å². The molecular weight excluding hydrogens is 515 g/mol. The Morgan fingerprint density at radius 1 is 1.20 bits per heavy atom. The van der Waals surface area contributed by atoms with Gasteiger partial charge < -0.3 is 19.9 Å². The summed E-state index contributed by atoms with van der Waals surface area (Å²) < 4.78 is 28.5. The Morgan fingerprint density at radius 3 is 2.52 bits per heavy atom. The maximum atomic E-state index is 15.4. The first-order valence-electron chi connectivity index (χ1n) is 13.6. The van der Waals surface area contributed by atoms with Crippen molar-refractivity contribution in [2.45, 2.75) is 86.4 Å². The number of halogens is 1. The predicted molar refractivity (Wildman–Crippen MR) is 149 cm³/mol. The fraction of sp³-hybridized carbons (Fsp3) is 0.533. The number of rotatable bonds is 7. The van der Waals surface area contributed by atoms with Crippen molar-refractivity contribution in [3.05, 3.63) is 46.0 Å². The molecule has 1 aliphatic heterocycles. The number of carboxylic acids is 1. The molecule has 0 bridgehead atoms. The van der Waals surface area contributed by atoms with Crippen molar-refractivity contribution in [2.24, 2.45) is 5.41 Å².